The molecule has 4 rings (SSSR count). The molecule has 0 aliphatic carbocycles. The summed E-state index contributed by atoms with van der Waals surface area (Å²) in [6, 6.07) is 27.6. The maximum absolute atomic E-state index is 15.2. The van der Waals surface area contributed by atoms with Crippen LogP contribution in [0, 0.1) is 19.7 Å². The molecule has 0 saturated heterocycles. The Hall–Kier alpha value is -4.50. The summed E-state index contributed by atoms with van der Waals surface area (Å²) in [4.78, 5) is 29.6. The van der Waals surface area contributed by atoms with Crippen molar-refractivity contribution in [3.05, 3.63) is 131 Å². The van der Waals surface area contributed by atoms with Crippen LogP contribution in [0.3, 0.4) is 0 Å². The van der Waals surface area contributed by atoms with Gasteiger partial charge in [-0.25, -0.2) is 12.8 Å². The number of amides is 2. The zero-order valence-electron chi connectivity index (χ0n) is 25.9. The number of hydrogen-bond donors (Lipinski definition) is 1. The summed E-state index contributed by atoms with van der Waals surface area (Å²) in [5.41, 5.74) is 3.19. The van der Waals surface area contributed by atoms with Gasteiger partial charge in [0.1, 0.15) is 18.4 Å². The van der Waals surface area contributed by atoms with Gasteiger partial charge >= 0.3 is 0 Å². The van der Waals surface area contributed by atoms with E-state index in [1.165, 1.54) is 35.2 Å². The fraction of sp³-hybridized carbons (Fsp3) is 0.278. The van der Waals surface area contributed by atoms with E-state index in [2.05, 4.69) is 5.32 Å². The highest BCUT2D eigenvalue weighted by molar-refractivity contribution is 7.92. The van der Waals surface area contributed by atoms with Crippen molar-refractivity contribution >= 4 is 27.5 Å². The van der Waals surface area contributed by atoms with E-state index in [0.29, 0.717) is 6.54 Å². The molecule has 0 radical (unpaired) electrons. The fourth-order valence-corrected chi connectivity index (χ4v) is 6.49. The summed E-state index contributed by atoms with van der Waals surface area (Å²) in [5.74, 6) is -1.77. The summed E-state index contributed by atoms with van der Waals surface area (Å²) in [5, 5.41) is 2.97. The molecule has 0 saturated carbocycles. The highest BCUT2D eigenvalue weighted by Gasteiger charge is 2.35. The minimum atomic E-state index is -4.38. The zero-order chi connectivity index (χ0) is 32.4. The second kappa shape index (κ2) is 15.5. The minimum Gasteiger partial charge on any atom is -0.354 e. The number of benzene rings is 4. The van der Waals surface area contributed by atoms with Crippen LogP contribution in [0.4, 0.5) is 10.1 Å². The molecule has 9 heteroatoms. The molecule has 1 unspecified atom stereocenters. The third-order valence-electron chi connectivity index (χ3n) is 7.55. The van der Waals surface area contributed by atoms with Crippen molar-refractivity contribution in [2.45, 2.75) is 57.5 Å². The Balaban J connectivity index is 1.80. The van der Waals surface area contributed by atoms with Gasteiger partial charge < -0.3 is 10.2 Å². The smallest absolute Gasteiger partial charge is 0.264 e. The quantitative estimate of drug-likeness (QED) is 0.169. The van der Waals surface area contributed by atoms with E-state index < -0.39 is 34.3 Å². The van der Waals surface area contributed by atoms with Crippen molar-refractivity contribution in [1.82, 2.24) is 10.2 Å². The molecule has 0 aliphatic heterocycles. The molecule has 1 atom stereocenters. The van der Waals surface area contributed by atoms with Crippen molar-refractivity contribution in [1.29, 1.82) is 0 Å². The van der Waals surface area contributed by atoms with Crippen molar-refractivity contribution in [2.75, 3.05) is 17.4 Å². The number of anilines is 1. The topological polar surface area (TPSA) is 86.8 Å². The van der Waals surface area contributed by atoms with E-state index in [9.17, 15) is 18.0 Å². The predicted molar refractivity (Wildman–Crippen MR) is 176 cm³/mol. The maximum Gasteiger partial charge on any atom is 0.264 e. The van der Waals surface area contributed by atoms with Crippen molar-refractivity contribution < 1.29 is 22.4 Å². The number of aryl methyl sites for hydroxylation is 2. The number of nitrogens with zero attached hydrogens (tertiary/aromatic N) is 2. The first kappa shape index (κ1) is 33.4. The Labute approximate surface area is 265 Å². The lowest BCUT2D eigenvalue weighted by Gasteiger charge is -2.34. The van der Waals surface area contributed by atoms with Gasteiger partial charge in [0, 0.05) is 19.5 Å². The average Bonchev–Trinajstić information content (AvgIpc) is 3.02. The zero-order valence-corrected chi connectivity index (χ0v) is 26.8. The third-order valence-corrected chi connectivity index (χ3v) is 9.32. The number of rotatable bonds is 14. The van der Waals surface area contributed by atoms with E-state index in [-0.39, 0.29) is 29.5 Å². The molecule has 1 N–H and O–H groups in total. The van der Waals surface area contributed by atoms with Crippen molar-refractivity contribution in [2.24, 2.45) is 0 Å². The van der Waals surface area contributed by atoms with Gasteiger partial charge in [-0.15, -0.1) is 0 Å². The molecular formula is C36H40FN3O4S. The van der Waals surface area contributed by atoms with E-state index in [0.717, 1.165) is 45.5 Å². The molecule has 0 aliphatic rings. The van der Waals surface area contributed by atoms with Gasteiger partial charge in [0.2, 0.25) is 11.8 Å². The van der Waals surface area contributed by atoms with Gasteiger partial charge in [0.15, 0.2) is 0 Å². The number of sulfonamides is 1. The first-order chi connectivity index (χ1) is 21.6. The lowest BCUT2D eigenvalue weighted by molar-refractivity contribution is -0.140. The van der Waals surface area contributed by atoms with Crippen LogP contribution in [0.15, 0.2) is 108 Å². The second-order valence-electron chi connectivity index (χ2n) is 11.1. The third kappa shape index (κ3) is 8.79. The Bertz CT molecular complexity index is 1700. The summed E-state index contributed by atoms with van der Waals surface area (Å²) in [6.45, 7) is 5.56. The van der Waals surface area contributed by atoms with Crippen LogP contribution < -0.4 is 9.62 Å². The van der Waals surface area contributed by atoms with Gasteiger partial charge in [-0.05, 0) is 55.7 Å². The highest BCUT2D eigenvalue weighted by atomic mass is 32.2. The fourth-order valence-electron chi connectivity index (χ4n) is 5.07. The average molecular weight is 630 g/mol. The van der Waals surface area contributed by atoms with Crippen molar-refractivity contribution in [3.63, 3.8) is 0 Å². The first-order valence-corrected chi connectivity index (χ1v) is 16.5. The van der Waals surface area contributed by atoms with E-state index >= 15 is 4.39 Å². The van der Waals surface area contributed by atoms with Crippen molar-refractivity contribution in [3.8, 4) is 0 Å². The van der Waals surface area contributed by atoms with Crippen LogP contribution in [0.25, 0.3) is 0 Å². The van der Waals surface area contributed by atoms with E-state index in [4.69, 9.17) is 0 Å². The molecule has 4 aromatic carbocycles. The molecule has 45 heavy (non-hydrogen) atoms. The van der Waals surface area contributed by atoms with E-state index in [1.54, 1.807) is 12.1 Å². The Morgan fingerprint density at radius 3 is 2.16 bits per heavy atom. The van der Waals surface area contributed by atoms with Crippen LogP contribution in [0.2, 0.25) is 0 Å². The molecule has 0 spiro atoms. The monoisotopic (exact) mass is 629 g/mol. The van der Waals surface area contributed by atoms with E-state index in [1.807, 2.05) is 75.4 Å². The lowest BCUT2D eigenvalue weighted by atomic mass is 10.0. The van der Waals surface area contributed by atoms with Crippen LogP contribution in [0.5, 0.6) is 0 Å². The standard InChI is InChI=1S/C36H40FN3O4S/c1-4-5-22-38-36(42)34(24-29-13-7-6-8-14-29)39(25-30-15-11-12-28(3)23-30)35(41)26-40(33-17-10-9-16-32(33)37)45(43,44)31-20-18-27(2)19-21-31/h6-21,23,34H,4-5,22,24-26H2,1-3H3,(H,38,42). The molecule has 236 valence electrons. The highest BCUT2D eigenvalue weighted by Crippen LogP contribution is 2.27. The summed E-state index contributed by atoms with van der Waals surface area (Å²) < 4.78 is 44.1. The van der Waals surface area contributed by atoms with Gasteiger partial charge in [0.25, 0.3) is 10.0 Å². The first-order valence-electron chi connectivity index (χ1n) is 15.1. The molecule has 0 aromatic heterocycles. The number of carbonyl (C=O) groups is 2. The molecule has 0 heterocycles. The summed E-state index contributed by atoms with van der Waals surface area (Å²) in [7, 11) is -4.38. The number of para-hydroxylation sites is 1. The summed E-state index contributed by atoms with van der Waals surface area (Å²) in [6.07, 6.45) is 1.86. The van der Waals surface area contributed by atoms with Crippen LogP contribution in [-0.4, -0.2) is 44.3 Å². The number of carbonyl (C=O) groups excluding carboxylic acids is 2. The number of halogens is 1. The molecular weight excluding hydrogens is 589 g/mol. The molecule has 2 amide bonds. The van der Waals surface area contributed by atoms with Crippen LogP contribution in [0.1, 0.15) is 42.0 Å². The Morgan fingerprint density at radius 1 is 0.822 bits per heavy atom. The van der Waals surface area contributed by atoms with Gasteiger partial charge in [-0.3, -0.25) is 13.9 Å². The largest absolute Gasteiger partial charge is 0.354 e. The normalized spacial score (nSPS) is 11.9. The Morgan fingerprint density at radius 2 is 1.49 bits per heavy atom. The predicted octanol–water partition coefficient (Wildman–Crippen LogP) is 6.19. The second-order valence-corrected chi connectivity index (χ2v) is 13.0. The minimum absolute atomic E-state index is 0.0505. The Kier molecular flexibility index (Phi) is 11.5. The van der Waals surface area contributed by atoms with Crippen LogP contribution >= 0.6 is 0 Å². The molecule has 7 nitrogen and oxygen atoms in total. The molecule has 0 fully saturated rings. The maximum atomic E-state index is 15.2. The van der Waals surface area contributed by atoms with Crippen LogP contribution in [-0.2, 0) is 32.6 Å². The number of nitrogens with one attached hydrogen (secondary N) is 1. The lowest BCUT2D eigenvalue weighted by Crippen LogP contribution is -2.53. The van der Waals surface area contributed by atoms with Gasteiger partial charge in [-0.1, -0.05) is 103 Å². The summed E-state index contributed by atoms with van der Waals surface area (Å²) >= 11 is 0. The number of hydrogen-bond acceptors (Lipinski definition) is 4. The molecule has 0 bridgehead atoms. The van der Waals surface area contributed by atoms with Gasteiger partial charge in [-0.2, -0.15) is 0 Å². The van der Waals surface area contributed by atoms with Gasteiger partial charge in [0.05, 0.1) is 10.6 Å². The molecule has 4 aromatic rings. The SMILES string of the molecule is CCCCNC(=O)C(Cc1ccccc1)N(Cc1cccc(C)c1)C(=O)CN(c1ccccc1F)S(=O)(=O)c1ccc(C)cc1. The number of unbranched alkanes of at least 4 members (excludes halogenated alkanes) is 1.